The van der Waals surface area contributed by atoms with Gasteiger partial charge in [0.2, 0.25) is 5.91 Å². The van der Waals surface area contributed by atoms with Gasteiger partial charge in [0.15, 0.2) is 0 Å². The molecule has 1 aromatic rings. The summed E-state index contributed by atoms with van der Waals surface area (Å²) in [6.07, 6.45) is 4.77. The van der Waals surface area contributed by atoms with Crippen molar-refractivity contribution >= 4 is 5.91 Å². The Kier molecular flexibility index (Phi) is 4.70. The van der Waals surface area contributed by atoms with E-state index >= 15 is 0 Å². The van der Waals surface area contributed by atoms with Gasteiger partial charge in [-0.2, -0.15) is 0 Å². The normalized spacial score (nSPS) is 15.1. The van der Waals surface area contributed by atoms with Crippen LogP contribution in [0.4, 0.5) is 0 Å². The van der Waals surface area contributed by atoms with E-state index in [1.807, 2.05) is 24.1 Å². The fourth-order valence-electron chi connectivity index (χ4n) is 2.14. The van der Waals surface area contributed by atoms with E-state index in [0.29, 0.717) is 6.42 Å². The molecule has 0 saturated carbocycles. The summed E-state index contributed by atoms with van der Waals surface area (Å²) in [5, 5.41) is 3.27. The van der Waals surface area contributed by atoms with Crippen molar-refractivity contribution in [2.75, 3.05) is 19.6 Å². The monoisotopic (exact) mass is 247 g/mol. The van der Waals surface area contributed by atoms with Crippen LogP contribution in [0, 0.1) is 6.92 Å². The highest BCUT2D eigenvalue weighted by Crippen LogP contribution is 2.08. The third kappa shape index (κ3) is 3.81. The van der Waals surface area contributed by atoms with Gasteiger partial charge in [0, 0.05) is 38.8 Å². The Morgan fingerprint density at radius 1 is 1.39 bits per heavy atom. The van der Waals surface area contributed by atoms with Gasteiger partial charge in [-0.25, -0.2) is 0 Å². The van der Waals surface area contributed by atoms with Crippen LogP contribution in [0.15, 0.2) is 18.3 Å². The van der Waals surface area contributed by atoms with Crippen molar-refractivity contribution < 1.29 is 4.79 Å². The molecule has 1 aromatic heterocycles. The number of aryl methyl sites for hydroxylation is 1. The van der Waals surface area contributed by atoms with E-state index in [4.69, 9.17) is 0 Å². The van der Waals surface area contributed by atoms with E-state index < -0.39 is 0 Å². The predicted molar refractivity (Wildman–Crippen MR) is 71.1 cm³/mol. The zero-order valence-electron chi connectivity index (χ0n) is 11.0. The van der Waals surface area contributed by atoms with E-state index in [2.05, 4.69) is 16.4 Å². The topological polar surface area (TPSA) is 45.2 Å². The van der Waals surface area contributed by atoms with Gasteiger partial charge in [0.05, 0.1) is 5.69 Å². The number of aromatic nitrogens is 1. The lowest BCUT2D eigenvalue weighted by Gasteiger charge is -2.15. The lowest BCUT2D eigenvalue weighted by molar-refractivity contribution is -0.130. The van der Waals surface area contributed by atoms with Gasteiger partial charge < -0.3 is 10.2 Å². The minimum absolute atomic E-state index is 0.275. The maximum absolute atomic E-state index is 11.8. The molecule has 4 nitrogen and oxygen atoms in total. The highest BCUT2D eigenvalue weighted by atomic mass is 16.2. The third-order valence-electron chi connectivity index (χ3n) is 3.25. The number of hydrogen-bond donors (Lipinski definition) is 1. The predicted octanol–water partition coefficient (Wildman–Crippen LogP) is 1.49. The minimum Gasteiger partial charge on any atom is -0.343 e. The number of carbonyl (C=O) groups excluding carboxylic acids is 1. The van der Waals surface area contributed by atoms with Crippen molar-refractivity contribution in [3.05, 3.63) is 29.6 Å². The lowest BCUT2D eigenvalue weighted by atomic mass is 10.2. The molecule has 1 N–H and O–H groups in total. The summed E-state index contributed by atoms with van der Waals surface area (Å²) in [6, 6.07) is 4.07. The quantitative estimate of drug-likeness (QED) is 0.802. The summed E-state index contributed by atoms with van der Waals surface area (Å²) in [5.41, 5.74) is 2.19. The Bertz CT molecular complexity index is 383. The van der Waals surface area contributed by atoms with Gasteiger partial charge in [-0.05, 0) is 31.4 Å². The molecule has 0 unspecified atom stereocenters. The summed E-state index contributed by atoms with van der Waals surface area (Å²) in [4.78, 5) is 18.1. The van der Waals surface area contributed by atoms with Crippen molar-refractivity contribution in [3.8, 4) is 0 Å². The first kappa shape index (κ1) is 13.0. The van der Waals surface area contributed by atoms with Crippen LogP contribution in [-0.4, -0.2) is 35.4 Å². The van der Waals surface area contributed by atoms with Gasteiger partial charge in [-0.1, -0.05) is 6.07 Å². The molecule has 1 amide bonds. The van der Waals surface area contributed by atoms with Gasteiger partial charge in [0.25, 0.3) is 0 Å². The maximum Gasteiger partial charge on any atom is 0.223 e. The molecule has 2 heterocycles. The van der Waals surface area contributed by atoms with Crippen LogP contribution in [-0.2, 0) is 11.3 Å². The molecule has 1 saturated heterocycles. The summed E-state index contributed by atoms with van der Waals surface area (Å²) < 4.78 is 0. The number of carbonyl (C=O) groups is 1. The van der Waals surface area contributed by atoms with Crippen LogP contribution < -0.4 is 5.32 Å². The molecule has 98 valence electrons. The van der Waals surface area contributed by atoms with Gasteiger partial charge >= 0.3 is 0 Å². The molecule has 0 atom stereocenters. The summed E-state index contributed by atoms with van der Waals surface area (Å²) >= 11 is 0. The van der Waals surface area contributed by atoms with Crippen LogP contribution in [0.3, 0.4) is 0 Å². The Balaban J connectivity index is 1.63. The Hall–Kier alpha value is -1.42. The highest BCUT2D eigenvalue weighted by Gasteiger charge is 2.16. The van der Waals surface area contributed by atoms with Gasteiger partial charge in [-0.3, -0.25) is 9.78 Å². The molecule has 1 fully saturated rings. The zero-order valence-corrected chi connectivity index (χ0v) is 11.0. The lowest BCUT2D eigenvalue weighted by Crippen LogP contribution is -2.30. The van der Waals surface area contributed by atoms with Crippen LogP contribution in [0.5, 0.6) is 0 Å². The third-order valence-corrected chi connectivity index (χ3v) is 3.25. The molecular formula is C14H21N3O. The van der Waals surface area contributed by atoms with E-state index in [9.17, 15) is 4.79 Å². The molecule has 0 aliphatic carbocycles. The van der Waals surface area contributed by atoms with Crippen LogP contribution in [0.25, 0.3) is 0 Å². The van der Waals surface area contributed by atoms with E-state index in [1.54, 1.807) is 0 Å². The number of likely N-dealkylation sites (tertiary alicyclic amines) is 1. The number of amides is 1. The average Bonchev–Trinajstić information content (AvgIpc) is 2.90. The van der Waals surface area contributed by atoms with Crippen molar-refractivity contribution in [2.45, 2.75) is 32.7 Å². The van der Waals surface area contributed by atoms with Gasteiger partial charge in [0.1, 0.15) is 0 Å². The SMILES string of the molecule is Cc1ccc(CNCCC(=O)N2CCCC2)nc1. The van der Waals surface area contributed by atoms with Crippen molar-refractivity contribution in [2.24, 2.45) is 0 Å². The molecule has 1 aliphatic rings. The van der Waals surface area contributed by atoms with E-state index in [0.717, 1.165) is 44.7 Å². The molecule has 0 spiro atoms. The molecule has 1 aliphatic heterocycles. The number of hydrogen-bond acceptors (Lipinski definition) is 3. The number of nitrogens with zero attached hydrogens (tertiary/aromatic N) is 2. The first-order valence-electron chi connectivity index (χ1n) is 6.66. The summed E-state index contributed by atoms with van der Waals surface area (Å²) in [5.74, 6) is 0.275. The van der Waals surface area contributed by atoms with Gasteiger partial charge in [-0.15, -0.1) is 0 Å². The first-order valence-corrected chi connectivity index (χ1v) is 6.66. The smallest absolute Gasteiger partial charge is 0.223 e. The number of nitrogens with one attached hydrogen (secondary N) is 1. The molecule has 2 rings (SSSR count). The van der Waals surface area contributed by atoms with Crippen molar-refractivity contribution in [1.29, 1.82) is 0 Å². The van der Waals surface area contributed by atoms with Crippen LogP contribution in [0.1, 0.15) is 30.5 Å². The second-order valence-electron chi connectivity index (χ2n) is 4.84. The second kappa shape index (κ2) is 6.50. The highest BCUT2D eigenvalue weighted by molar-refractivity contribution is 5.76. The summed E-state index contributed by atoms with van der Waals surface area (Å²) in [7, 11) is 0. The largest absolute Gasteiger partial charge is 0.343 e. The molecule has 0 bridgehead atoms. The molecule has 18 heavy (non-hydrogen) atoms. The van der Waals surface area contributed by atoms with Crippen LogP contribution >= 0.6 is 0 Å². The second-order valence-corrected chi connectivity index (χ2v) is 4.84. The zero-order chi connectivity index (χ0) is 12.8. The average molecular weight is 247 g/mol. The molecule has 0 radical (unpaired) electrons. The Morgan fingerprint density at radius 2 is 2.17 bits per heavy atom. The first-order chi connectivity index (χ1) is 8.75. The Morgan fingerprint density at radius 3 is 2.83 bits per heavy atom. The number of pyridine rings is 1. The molecular weight excluding hydrogens is 226 g/mol. The fraction of sp³-hybridized carbons (Fsp3) is 0.571. The maximum atomic E-state index is 11.8. The fourth-order valence-corrected chi connectivity index (χ4v) is 2.14. The van der Waals surface area contributed by atoms with Crippen LogP contribution in [0.2, 0.25) is 0 Å². The standard InChI is InChI=1S/C14H21N3O/c1-12-4-5-13(16-10-12)11-15-7-6-14(18)17-8-2-3-9-17/h4-5,10,15H,2-3,6-9,11H2,1H3. The minimum atomic E-state index is 0.275. The van der Waals surface area contributed by atoms with Crippen molar-refractivity contribution in [1.82, 2.24) is 15.2 Å². The summed E-state index contributed by atoms with van der Waals surface area (Å²) in [6.45, 7) is 5.37. The number of rotatable bonds is 5. The molecule has 0 aromatic carbocycles. The molecule has 4 heteroatoms. The van der Waals surface area contributed by atoms with E-state index in [1.165, 1.54) is 5.56 Å². The van der Waals surface area contributed by atoms with E-state index in [-0.39, 0.29) is 5.91 Å². The Labute approximate surface area is 108 Å². The van der Waals surface area contributed by atoms with Crippen molar-refractivity contribution in [3.63, 3.8) is 0 Å².